The van der Waals surface area contributed by atoms with Crippen molar-refractivity contribution >= 4 is 27.3 Å². The summed E-state index contributed by atoms with van der Waals surface area (Å²) in [5.41, 5.74) is 2.79. The number of sulfonamides is 1. The van der Waals surface area contributed by atoms with Gasteiger partial charge < -0.3 is 5.32 Å². The second kappa shape index (κ2) is 7.52. The Balaban J connectivity index is 1.73. The van der Waals surface area contributed by atoms with E-state index in [9.17, 15) is 13.2 Å². The van der Waals surface area contributed by atoms with Crippen LogP contribution >= 0.6 is 11.3 Å². The molecular formula is C14H23N3O3S2. The van der Waals surface area contributed by atoms with Gasteiger partial charge in [-0.15, -0.1) is 11.3 Å². The molecule has 1 amide bonds. The lowest BCUT2D eigenvalue weighted by molar-refractivity contribution is -0.121. The molecule has 1 fully saturated rings. The molecule has 1 aliphatic rings. The smallest absolute Gasteiger partial charge is 0.220 e. The third-order valence-corrected chi connectivity index (χ3v) is 6.23. The van der Waals surface area contributed by atoms with E-state index >= 15 is 0 Å². The highest BCUT2D eigenvalue weighted by Gasteiger charge is 2.25. The molecule has 1 aromatic heterocycles. The van der Waals surface area contributed by atoms with Crippen LogP contribution in [0.4, 0.5) is 0 Å². The van der Waals surface area contributed by atoms with Crippen molar-refractivity contribution in [3.05, 3.63) is 16.1 Å². The molecule has 2 heterocycles. The number of amides is 1. The topological polar surface area (TPSA) is 79.4 Å². The van der Waals surface area contributed by atoms with Crippen molar-refractivity contribution in [3.63, 3.8) is 0 Å². The highest BCUT2D eigenvalue weighted by molar-refractivity contribution is 7.88. The van der Waals surface area contributed by atoms with Crippen LogP contribution in [-0.4, -0.2) is 49.5 Å². The number of hydrogen-bond donors (Lipinski definition) is 1. The Morgan fingerprint density at radius 1 is 1.55 bits per heavy atom. The average molecular weight is 345 g/mol. The largest absolute Gasteiger partial charge is 0.356 e. The number of nitrogens with one attached hydrogen (secondary N) is 1. The van der Waals surface area contributed by atoms with Gasteiger partial charge in [-0.05, 0) is 32.1 Å². The maximum Gasteiger partial charge on any atom is 0.220 e. The number of thiazole rings is 1. The van der Waals surface area contributed by atoms with Crippen LogP contribution in [0.25, 0.3) is 0 Å². The predicted molar refractivity (Wildman–Crippen MR) is 87.3 cm³/mol. The fourth-order valence-electron chi connectivity index (χ4n) is 2.63. The number of aromatic nitrogens is 1. The van der Waals surface area contributed by atoms with Crippen molar-refractivity contribution in [2.75, 3.05) is 25.9 Å². The van der Waals surface area contributed by atoms with Crippen LogP contribution in [0.1, 0.15) is 29.8 Å². The third kappa shape index (κ3) is 5.03. The van der Waals surface area contributed by atoms with Crippen molar-refractivity contribution in [3.8, 4) is 0 Å². The predicted octanol–water partition coefficient (Wildman–Crippen LogP) is 1.17. The molecule has 0 aromatic carbocycles. The fraction of sp³-hybridized carbons (Fsp3) is 0.714. The first-order valence-electron chi connectivity index (χ1n) is 7.47. The van der Waals surface area contributed by atoms with E-state index in [0.717, 1.165) is 23.4 Å². The molecule has 1 atom stereocenters. The summed E-state index contributed by atoms with van der Waals surface area (Å²) in [6, 6.07) is 0. The summed E-state index contributed by atoms with van der Waals surface area (Å²) < 4.78 is 24.6. The third-order valence-electron chi connectivity index (χ3n) is 3.96. The van der Waals surface area contributed by atoms with Gasteiger partial charge in [0.05, 0.1) is 17.5 Å². The van der Waals surface area contributed by atoms with Crippen molar-refractivity contribution in [1.82, 2.24) is 14.6 Å². The number of aryl methyl sites for hydroxylation is 2. The van der Waals surface area contributed by atoms with Crippen LogP contribution in [0, 0.1) is 12.8 Å². The summed E-state index contributed by atoms with van der Waals surface area (Å²) >= 11 is 1.58. The summed E-state index contributed by atoms with van der Waals surface area (Å²) in [6.45, 7) is 3.60. The Kier molecular flexibility index (Phi) is 5.94. The van der Waals surface area contributed by atoms with E-state index in [4.69, 9.17) is 0 Å². The Morgan fingerprint density at radius 2 is 2.32 bits per heavy atom. The van der Waals surface area contributed by atoms with Gasteiger partial charge >= 0.3 is 0 Å². The lowest BCUT2D eigenvalue weighted by Crippen LogP contribution is -2.43. The first-order valence-corrected chi connectivity index (χ1v) is 10.2. The zero-order valence-corrected chi connectivity index (χ0v) is 14.7. The van der Waals surface area contributed by atoms with Crippen molar-refractivity contribution < 1.29 is 13.2 Å². The molecule has 0 radical (unpaired) electrons. The van der Waals surface area contributed by atoms with Gasteiger partial charge in [-0.1, -0.05) is 0 Å². The zero-order valence-electron chi connectivity index (χ0n) is 13.0. The fourth-order valence-corrected chi connectivity index (χ4v) is 4.36. The van der Waals surface area contributed by atoms with Crippen LogP contribution in [-0.2, 0) is 21.2 Å². The molecule has 8 heteroatoms. The Bertz CT molecular complexity index is 613. The number of hydrogen-bond acceptors (Lipinski definition) is 5. The van der Waals surface area contributed by atoms with Gasteiger partial charge in [-0.3, -0.25) is 4.79 Å². The van der Waals surface area contributed by atoms with Gasteiger partial charge in [0.1, 0.15) is 0 Å². The molecule has 1 N–H and O–H groups in total. The molecule has 22 heavy (non-hydrogen) atoms. The minimum atomic E-state index is -3.13. The number of rotatable bonds is 6. The molecule has 1 aromatic rings. The number of carbonyl (C=O) groups is 1. The maximum absolute atomic E-state index is 11.9. The number of carbonyl (C=O) groups excluding carboxylic acids is 1. The van der Waals surface area contributed by atoms with Crippen LogP contribution in [0.2, 0.25) is 0 Å². The van der Waals surface area contributed by atoms with Crippen LogP contribution < -0.4 is 5.32 Å². The number of nitrogens with zero attached hydrogens (tertiary/aromatic N) is 2. The van der Waals surface area contributed by atoms with Crippen LogP contribution in [0.15, 0.2) is 5.51 Å². The quantitative estimate of drug-likeness (QED) is 0.839. The lowest BCUT2D eigenvalue weighted by Gasteiger charge is -2.30. The molecule has 0 bridgehead atoms. The second-order valence-electron chi connectivity index (χ2n) is 5.79. The number of piperidine rings is 1. The van der Waals surface area contributed by atoms with Gasteiger partial charge in [0.25, 0.3) is 0 Å². The molecule has 0 spiro atoms. The van der Waals surface area contributed by atoms with Crippen LogP contribution in [0.3, 0.4) is 0 Å². The lowest BCUT2D eigenvalue weighted by atomic mass is 9.99. The summed E-state index contributed by atoms with van der Waals surface area (Å²) in [6.07, 6.45) is 4.22. The standard InChI is InChI=1S/C14H23N3O3S2/c1-11-13(21-10-16-11)5-6-14(18)15-8-12-4-3-7-17(9-12)22(2,19)20/h10,12H,3-9H2,1-2H3,(H,15,18)/t12-/m1/s1. The highest BCUT2D eigenvalue weighted by atomic mass is 32.2. The molecule has 1 aliphatic heterocycles. The Hall–Kier alpha value is -0.990. The highest BCUT2D eigenvalue weighted by Crippen LogP contribution is 2.18. The average Bonchev–Trinajstić information content (AvgIpc) is 2.88. The minimum Gasteiger partial charge on any atom is -0.356 e. The van der Waals surface area contributed by atoms with Crippen molar-refractivity contribution in [2.45, 2.75) is 32.6 Å². The van der Waals surface area contributed by atoms with Gasteiger partial charge in [0, 0.05) is 30.9 Å². The Morgan fingerprint density at radius 3 is 2.95 bits per heavy atom. The maximum atomic E-state index is 11.9. The first-order chi connectivity index (χ1) is 10.4. The van der Waals surface area contributed by atoms with E-state index in [-0.39, 0.29) is 11.8 Å². The summed E-state index contributed by atoms with van der Waals surface area (Å²) in [4.78, 5) is 17.2. The van der Waals surface area contributed by atoms with E-state index in [1.54, 1.807) is 16.8 Å². The minimum absolute atomic E-state index is 0.0179. The molecule has 0 saturated carbocycles. The van der Waals surface area contributed by atoms with Gasteiger partial charge in [0.2, 0.25) is 15.9 Å². The Labute approximate surface area is 136 Å². The molecule has 1 saturated heterocycles. The summed E-state index contributed by atoms with van der Waals surface area (Å²) in [5.74, 6) is 0.224. The van der Waals surface area contributed by atoms with Gasteiger partial charge in [-0.25, -0.2) is 17.7 Å². The molecule has 2 rings (SSSR count). The van der Waals surface area contributed by atoms with Crippen LogP contribution in [0.5, 0.6) is 0 Å². The van der Waals surface area contributed by atoms with Gasteiger partial charge in [-0.2, -0.15) is 0 Å². The SMILES string of the molecule is Cc1ncsc1CCC(=O)NC[C@H]1CCCN(S(C)(=O)=O)C1. The summed E-state index contributed by atoms with van der Waals surface area (Å²) in [7, 11) is -3.13. The van der Waals surface area contributed by atoms with Gasteiger partial charge in [0.15, 0.2) is 0 Å². The van der Waals surface area contributed by atoms with E-state index < -0.39 is 10.0 Å². The summed E-state index contributed by atoms with van der Waals surface area (Å²) in [5, 5.41) is 2.93. The normalized spacial score (nSPS) is 20.0. The van der Waals surface area contributed by atoms with E-state index in [2.05, 4.69) is 10.3 Å². The molecular weight excluding hydrogens is 322 g/mol. The zero-order chi connectivity index (χ0) is 16.2. The monoisotopic (exact) mass is 345 g/mol. The first kappa shape index (κ1) is 17.4. The molecule has 6 nitrogen and oxygen atoms in total. The van der Waals surface area contributed by atoms with E-state index in [1.807, 2.05) is 6.92 Å². The van der Waals surface area contributed by atoms with E-state index in [0.29, 0.717) is 32.5 Å². The second-order valence-corrected chi connectivity index (χ2v) is 8.72. The molecule has 0 unspecified atom stereocenters. The van der Waals surface area contributed by atoms with E-state index in [1.165, 1.54) is 10.6 Å². The van der Waals surface area contributed by atoms with Crippen molar-refractivity contribution in [1.29, 1.82) is 0 Å². The molecule has 0 aliphatic carbocycles. The molecule has 124 valence electrons. The van der Waals surface area contributed by atoms with Crippen molar-refractivity contribution in [2.24, 2.45) is 5.92 Å².